The molecule has 2 fully saturated rings. The van der Waals surface area contributed by atoms with E-state index in [0.29, 0.717) is 12.3 Å². The third-order valence-corrected chi connectivity index (χ3v) is 4.31. The highest BCUT2D eigenvalue weighted by Crippen LogP contribution is 2.49. The molecule has 0 amide bonds. The van der Waals surface area contributed by atoms with Crippen molar-refractivity contribution >= 4 is 11.4 Å². The minimum Gasteiger partial charge on any atom is -0.492 e. The van der Waals surface area contributed by atoms with Crippen molar-refractivity contribution in [3.05, 3.63) is 18.2 Å². The quantitative estimate of drug-likeness (QED) is 0.737. The van der Waals surface area contributed by atoms with Crippen molar-refractivity contribution in [3.8, 4) is 5.75 Å². The predicted octanol–water partition coefficient (Wildman–Crippen LogP) is 3.52. The predicted molar refractivity (Wildman–Crippen MR) is 79.5 cm³/mol. The summed E-state index contributed by atoms with van der Waals surface area (Å²) in [7, 11) is 0. The number of nitrogen functional groups attached to an aromatic ring is 1. The highest BCUT2D eigenvalue weighted by Gasteiger charge is 2.40. The molecule has 3 nitrogen and oxygen atoms in total. The maximum Gasteiger partial charge on any atom is 0.144 e. The van der Waals surface area contributed by atoms with Crippen molar-refractivity contribution in [2.75, 3.05) is 24.2 Å². The third-order valence-electron chi connectivity index (χ3n) is 4.31. The molecule has 0 aliphatic heterocycles. The molecule has 2 saturated carbocycles. The van der Waals surface area contributed by atoms with Gasteiger partial charge in [-0.2, -0.15) is 0 Å². The smallest absolute Gasteiger partial charge is 0.144 e. The zero-order valence-electron chi connectivity index (χ0n) is 11.7. The number of hydrogen-bond donors (Lipinski definition) is 2. The van der Waals surface area contributed by atoms with Gasteiger partial charge in [-0.05, 0) is 62.5 Å². The van der Waals surface area contributed by atoms with Crippen LogP contribution in [0.15, 0.2) is 18.2 Å². The maximum absolute atomic E-state index is 5.90. The summed E-state index contributed by atoms with van der Waals surface area (Å²) >= 11 is 0. The van der Waals surface area contributed by atoms with E-state index in [4.69, 9.17) is 10.5 Å². The Labute approximate surface area is 115 Å². The second kappa shape index (κ2) is 5.32. The molecule has 3 heteroatoms. The van der Waals surface area contributed by atoms with E-state index in [1.54, 1.807) is 0 Å². The number of hydrogen-bond acceptors (Lipinski definition) is 3. The molecule has 1 aromatic rings. The zero-order valence-corrected chi connectivity index (χ0v) is 11.7. The van der Waals surface area contributed by atoms with Gasteiger partial charge in [-0.3, -0.25) is 0 Å². The molecule has 0 spiro atoms. The minimum absolute atomic E-state index is 0.653. The van der Waals surface area contributed by atoms with Crippen molar-refractivity contribution in [3.63, 3.8) is 0 Å². The van der Waals surface area contributed by atoms with Gasteiger partial charge in [0.2, 0.25) is 0 Å². The summed E-state index contributed by atoms with van der Waals surface area (Å²) < 4.78 is 5.54. The SMILES string of the molecule is CCOc1cc(NCC(C2CC2)C2CC2)ccc1N. The van der Waals surface area contributed by atoms with Gasteiger partial charge in [0.1, 0.15) is 5.75 Å². The Morgan fingerprint density at radius 2 is 1.95 bits per heavy atom. The van der Waals surface area contributed by atoms with Gasteiger partial charge < -0.3 is 15.8 Å². The fourth-order valence-corrected chi connectivity index (χ4v) is 2.93. The fraction of sp³-hybridized carbons (Fsp3) is 0.625. The van der Waals surface area contributed by atoms with E-state index in [9.17, 15) is 0 Å². The Kier molecular flexibility index (Phi) is 3.54. The molecule has 0 heterocycles. The summed E-state index contributed by atoms with van der Waals surface area (Å²) in [4.78, 5) is 0. The van der Waals surface area contributed by atoms with Gasteiger partial charge >= 0.3 is 0 Å². The average Bonchev–Trinajstić information content (AvgIpc) is 3.27. The van der Waals surface area contributed by atoms with Crippen molar-refractivity contribution in [1.82, 2.24) is 0 Å². The first-order valence-electron chi connectivity index (χ1n) is 7.54. The van der Waals surface area contributed by atoms with Crippen LogP contribution in [0.1, 0.15) is 32.6 Å². The molecular formula is C16H24N2O. The molecule has 0 bridgehead atoms. The first-order chi connectivity index (χ1) is 9.28. The topological polar surface area (TPSA) is 47.3 Å². The van der Waals surface area contributed by atoms with Gasteiger partial charge in [-0.1, -0.05) is 0 Å². The summed E-state index contributed by atoms with van der Waals surface area (Å²) in [5.74, 6) is 3.65. The molecule has 2 aliphatic rings. The zero-order chi connectivity index (χ0) is 13.2. The van der Waals surface area contributed by atoms with Crippen LogP contribution in [0.2, 0.25) is 0 Å². The summed E-state index contributed by atoms with van der Waals surface area (Å²) in [6.07, 6.45) is 5.76. The Balaban J connectivity index is 1.60. The van der Waals surface area contributed by atoms with Crippen LogP contribution in [0.4, 0.5) is 11.4 Å². The number of nitrogens with two attached hydrogens (primary N) is 1. The molecule has 3 N–H and O–H groups in total. The molecule has 104 valence electrons. The highest BCUT2D eigenvalue weighted by molar-refractivity contribution is 5.61. The van der Waals surface area contributed by atoms with E-state index in [-0.39, 0.29) is 0 Å². The molecule has 0 atom stereocenters. The van der Waals surface area contributed by atoms with Gasteiger partial charge in [0.15, 0.2) is 0 Å². The average molecular weight is 260 g/mol. The molecule has 0 aromatic heterocycles. The second-order valence-electron chi connectivity index (χ2n) is 5.91. The lowest BCUT2D eigenvalue weighted by atomic mass is 9.98. The Morgan fingerprint density at radius 3 is 2.53 bits per heavy atom. The van der Waals surface area contributed by atoms with E-state index in [1.807, 2.05) is 19.1 Å². The standard InChI is InChI=1S/C16H24N2O/c1-2-19-16-9-13(7-8-15(16)17)18-10-14(11-3-4-11)12-5-6-12/h7-9,11-12,14,18H,2-6,10,17H2,1H3. The van der Waals surface area contributed by atoms with Crippen LogP contribution >= 0.6 is 0 Å². The van der Waals surface area contributed by atoms with Crippen LogP contribution < -0.4 is 15.8 Å². The first-order valence-corrected chi connectivity index (χ1v) is 7.54. The molecular weight excluding hydrogens is 236 g/mol. The van der Waals surface area contributed by atoms with Gasteiger partial charge in [-0.15, -0.1) is 0 Å². The van der Waals surface area contributed by atoms with Crippen LogP contribution in [0.25, 0.3) is 0 Å². The number of anilines is 2. The van der Waals surface area contributed by atoms with Gasteiger partial charge in [-0.25, -0.2) is 0 Å². The normalized spacial score (nSPS) is 18.6. The minimum atomic E-state index is 0.653. The van der Waals surface area contributed by atoms with Crippen molar-refractivity contribution < 1.29 is 4.74 Å². The lowest BCUT2D eigenvalue weighted by Crippen LogP contribution is -2.18. The molecule has 19 heavy (non-hydrogen) atoms. The Morgan fingerprint density at radius 1 is 1.26 bits per heavy atom. The fourth-order valence-electron chi connectivity index (χ4n) is 2.93. The van der Waals surface area contributed by atoms with Crippen LogP contribution in [-0.2, 0) is 0 Å². The van der Waals surface area contributed by atoms with E-state index in [2.05, 4.69) is 11.4 Å². The lowest BCUT2D eigenvalue weighted by Gasteiger charge is -2.18. The van der Waals surface area contributed by atoms with Gasteiger partial charge in [0, 0.05) is 18.3 Å². The summed E-state index contributed by atoms with van der Waals surface area (Å²) in [5.41, 5.74) is 7.74. The van der Waals surface area contributed by atoms with E-state index < -0.39 is 0 Å². The van der Waals surface area contributed by atoms with Crippen molar-refractivity contribution in [2.24, 2.45) is 17.8 Å². The van der Waals surface area contributed by atoms with Gasteiger partial charge in [0.25, 0.3) is 0 Å². The number of benzene rings is 1. The second-order valence-corrected chi connectivity index (χ2v) is 5.91. The molecule has 2 aliphatic carbocycles. The Hall–Kier alpha value is -1.38. The maximum atomic E-state index is 5.90. The van der Waals surface area contributed by atoms with Crippen LogP contribution in [0, 0.1) is 17.8 Å². The van der Waals surface area contributed by atoms with Crippen molar-refractivity contribution in [2.45, 2.75) is 32.6 Å². The Bertz CT molecular complexity index is 426. The van der Waals surface area contributed by atoms with E-state index in [1.165, 1.54) is 25.7 Å². The van der Waals surface area contributed by atoms with Gasteiger partial charge in [0.05, 0.1) is 12.3 Å². The largest absolute Gasteiger partial charge is 0.492 e. The molecule has 1 aromatic carbocycles. The molecule has 0 unspecified atom stereocenters. The summed E-state index contributed by atoms with van der Waals surface area (Å²) in [6, 6.07) is 6.00. The third kappa shape index (κ3) is 3.14. The van der Waals surface area contributed by atoms with Crippen molar-refractivity contribution in [1.29, 1.82) is 0 Å². The lowest BCUT2D eigenvalue weighted by molar-refractivity contribution is 0.342. The monoisotopic (exact) mass is 260 g/mol. The highest BCUT2D eigenvalue weighted by atomic mass is 16.5. The number of nitrogens with one attached hydrogen (secondary N) is 1. The summed E-state index contributed by atoms with van der Waals surface area (Å²) in [5, 5.41) is 3.58. The van der Waals surface area contributed by atoms with E-state index >= 15 is 0 Å². The molecule has 0 saturated heterocycles. The molecule has 3 rings (SSSR count). The van der Waals surface area contributed by atoms with Crippen LogP contribution in [0.5, 0.6) is 5.75 Å². The number of ether oxygens (including phenoxy) is 1. The van der Waals surface area contributed by atoms with Crippen LogP contribution in [0.3, 0.4) is 0 Å². The van der Waals surface area contributed by atoms with E-state index in [0.717, 1.165) is 35.7 Å². The summed E-state index contributed by atoms with van der Waals surface area (Å²) in [6.45, 7) is 3.74. The molecule has 0 radical (unpaired) electrons. The van der Waals surface area contributed by atoms with Crippen LogP contribution in [-0.4, -0.2) is 13.2 Å². The number of rotatable bonds is 7. The first kappa shape index (κ1) is 12.6.